The van der Waals surface area contributed by atoms with Gasteiger partial charge in [-0.3, -0.25) is 9.78 Å². The van der Waals surface area contributed by atoms with E-state index in [1.807, 2.05) is 0 Å². The van der Waals surface area contributed by atoms with Crippen molar-refractivity contribution < 1.29 is 0 Å². The molecule has 0 saturated carbocycles. The molecule has 0 atom stereocenters. The van der Waals surface area contributed by atoms with Crippen molar-refractivity contribution >= 4 is 23.2 Å². The molecule has 2 aromatic heterocycles. The molecule has 2 aromatic rings. The van der Waals surface area contributed by atoms with Gasteiger partial charge in [-0.25, -0.2) is 0 Å². The maximum atomic E-state index is 11.6. The minimum Gasteiger partial charge on any atom is -0.266 e. The minimum atomic E-state index is -0.461. The highest BCUT2D eigenvalue weighted by molar-refractivity contribution is 6.41. The van der Waals surface area contributed by atoms with Crippen LogP contribution in [0.1, 0.15) is 0 Å². The molecule has 6 heteroatoms. The van der Waals surface area contributed by atoms with Crippen LogP contribution in [-0.4, -0.2) is 14.8 Å². The summed E-state index contributed by atoms with van der Waals surface area (Å²) in [6.07, 6.45) is 4.43. The number of hydrogen-bond acceptors (Lipinski definition) is 3. The molecule has 2 rings (SSSR count). The summed E-state index contributed by atoms with van der Waals surface area (Å²) >= 11 is 11.4. The molecule has 0 amide bonds. The normalized spacial score (nSPS) is 10.3. The Bertz CT molecular complexity index is 539. The van der Waals surface area contributed by atoms with Crippen molar-refractivity contribution in [2.45, 2.75) is 0 Å². The summed E-state index contributed by atoms with van der Waals surface area (Å²) in [7, 11) is 0. The molecule has 76 valence electrons. The van der Waals surface area contributed by atoms with Gasteiger partial charge in [0.15, 0.2) is 0 Å². The van der Waals surface area contributed by atoms with Gasteiger partial charge >= 0.3 is 0 Å². The van der Waals surface area contributed by atoms with Crippen molar-refractivity contribution in [1.29, 1.82) is 0 Å². The summed E-state index contributed by atoms with van der Waals surface area (Å²) in [5, 5.41) is 3.95. The van der Waals surface area contributed by atoms with Crippen LogP contribution in [0, 0.1) is 0 Å². The minimum absolute atomic E-state index is 0.0458. The summed E-state index contributed by atoms with van der Waals surface area (Å²) in [5.74, 6) is 0. The summed E-state index contributed by atoms with van der Waals surface area (Å²) in [6, 6.07) is 3.40. The fraction of sp³-hybridized carbons (Fsp3) is 0. The van der Waals surface area contributed by atoms with E-state index in [0.717, 1.165) is 4.68 Å². The standard InChI is InChI=1S/C9H5Cl2N3O/c10-7-5-13-14(9(15)8(7)11)6-2-1-3-12-4-6/h1-5H. The van der Waals surface area contributed by atoms with E-state index in [9.17, 15) is 4.79 Å². The Morgan fingerprint density at radius 1 is 1.27 bits per heavy atom. The number of halogens is 2. The fourth-order valence-electron chi connectivity index (χ4n) is 1.08. The number of pyridine rings is 1. The first kappa shape index (κ1) is 10.1. The maximum absolute atomic E-state index is 11.6. The van der Waals surface area contributed by atoms with Gasteiger partial charge < -0.3 is 0 Å². The van der Waals surface area contributed by atoms with Gasteiger partial charge in [0.1, 0.15) is 5.02 Å². The Hall–Kier alpha value is -1.39. The molecule has 0 aliphatic heterocycles. The van der Waals surface area contributed by atoms with Gasteiger partial charge in [0, 0.05) is 6.20 Å². The van der Waals surface area contributed by atoms with Gasteiger partial charge in [-0.05, 0) is 12.1 Å². The van der Waals surface area contributed by atoms with Crippen LogP contribution >= 0.6 is 23.2 Å². The molecule has 15 heavy (non-hydrogen) atoms. The second kappa shape index (κ2) is 4.00. The predicted octanol–water partition coefficient (Wildman–Crippen LogP) is 1.93. The topological polar surface area (TPSA) is 47.8 Å². The summed E-state index contributed by atoms with van der Waals surface area (Å²) in [6.45, 7) is 0. The van der Waals surface area contributed by atoms with E-state index in [0.29, 0.717) is 5.69 Å². The number of rotatable bonds is 1. The largest absolute Gasteiger partial charge is 0.291 e. The van der Waals surface area contributed by atoms with Crippen molar-refractivity contribution in [3.63, 3.8) is 0 Å². The van der Waals surface area contributed by atoms with E-state index in [1.165, 1.54) is 12.4 Å². The summed E-state index contributed by atoms with van der Waals surface area (Å²) in [5.41, 5.74) is 0.0817. The monoisotopic (exact) mass is 241 g/mol. The molecule has 0 bridgehead atoms. The Morgan fingerprint density at radius 2 is 2.07 bits per heavy atom. The number of aromatic nitrogens is 3. The van der Waals surface area contributed by atoms with Crippen molar-refractivity contribution in [2.24, 2.45) is 0 Å². The van der Waals surface area contributed by atoms with Crippen molar-refractivity contribution in [3.05, 3.63) is 51.1 Å². The predicted molar refractivity (Wildman–Crippen MR) is 57.6 cm³/mol. The maximum Gasteiger partial charge on any atom is 0.291 e. The lowest BCUT2D eigenvalue weighted by Crippen LogP contribution is -2.21. The lowest BCUT2D eigenvalue weighted by atomic mass is 10.4. The van der Waals surface area contributed by atoms with Crippen molar-refractivity contribution in [3.8, 4) is 5.69 Å². The van der Waals surface area contributed by atoms with E-state index in [-0.39, 0.29) is 10.0 Å². The molecule has 0 fully saturated rings. The third kappa shape index (κ3) is 1.86. The molecule has 0 aromatic carbocycles. The number of hydrogen-bond donors (Lipinski definition) is 0. The zero-order chi connectivity index (χ0) is 10.8. The molecular weight excluding hydrogens is 237 g/mol. The van der Waals surface area contributed by atoms with E-state index >= 15 is 0 Å². The van der Waals surface area contributed by atoms with Gasteiger partial charge in [0.2, 0.25) is 0 Å². The molecule has 0 radical (unpaired) electrons. The highest BCUT2D eigenvalue weighted by Gasteiger charge is 2.08. The van der Waals surface area contributed by atoms with E-state index in [4.69, 9.17) is 23.2 Å². The van der Waals surface area contributed by atoms with Crippen LogP contribution in [0.3, 0.4) is 0 Å². The van der Waals surface area contributed by atoms with Crippen LogP contribution < -0.4 is 5.56 Å². The van der Waals surface area contributed by atoms with E-state index < -0.39 is 5.56 Å². The molecule has 4 nitrogen and oxygen atoms in total. The molecule has 0 N–H and O–H groups in total. The Balaban J connectivity index is 2.66. The molecular formula is C9H5Cl2N3O. The molecule has 0 unspecified atom stereocenters. The van der Waals surface area contributed by atoms with Gasteiger partial charge in [0.05, 0.1) is 23.1 Å². The van der Waals surface area contributed by atoms with E-state index in [2.05, 4.69) is 10.1 Å². The molecule has 0 spiro atoms. The van der Waals surface area contributed by atoms with Gasteiger partial charge in [-0.15, -0.1) is 0 Å². The van der Waals surface area contributed by atoms with Crippen molar-refractivity contribution in [1.82, 2.24) is 14.8 Å². The third-order valence-corrected chi connectivity index (χ3v) is 2.52. The first-order valence-electron chi connectivity index (χ1n) is 4.04. The van der Waals surface area contributed by atoms with Crippen LogP contribution in [0.2, 0.25) is 10.0 Å². The second-order valence-corrected chi connectivity index (χ2v) is 3.52. The third-order valence-electron chi connectivity index (χ3n) is 1.77. The first-order chi connectivity index (χ1) is 7.20. The molecule has 0 aliphatic rings. The van der Waals surface area contributed by atoms with Gasteiger partial charge in [-0.1, -0.05) is 23.2 Å². The van der Waals surface area contributed by atoms with Crippen LogP contribution in [0.15, 0.2) is 35.5 Å². The average Bonchev–Trinajstić information content (AvgIpc) is 2.27. The first-order valence-corrected chi connectivity index (χ1v) is 4.79. The van der Waals surface area contributed by atoms with Crippen LogP contribution in [0.4, 0.5) is 0 Å². The molecule has 2 heterocycles. The summed E-state index contributed by atoms with van der Waals surface area (Å²) in [4.78, 5) is 15.5. The lowest BCUT2D eigenvalue weighted by molar-refractivity contribution is 0.803. The van der Waals surface area contributed by atoms with Crippen LogP contribution in [-0.2, 0) is 0 Å². The fourth-order valence-corrected chi connectivity index (χ4v) is 1.33. The quantitative estimate of drug-likeness (QED) is 0.767. The molecule has 0 aliphatic carbocycles. The Labute approximate surface area is 95.1 Å². The highest BCUT2D eigenvalue weighted by atomic mass is 35.5. The Kier molecular flexibility index (Phi) is 2.70. The van der Waals surface area contributed by atoms with Gasteiger partial charge in [0.25, 0.3) is 5.56 Å². The highest BCUT2D eigenvalue weighted by Crippen LogP contribution is 2.15. The van der Waals surface area contributed by atoms with Crippen molar-refractivity contribution in [2.75, 3.05) is 0 Å². The van der Waals surface area contributed by atoms with Crippen LogP contribution in [0.5, 0.6) is 0 Å². The summed E-state index contributed by atoms with van der Waals surface area (Å²) < 4.78 is 1.14. The average molecular weight is 242 g/mol. The molecule has 0 saturated heterocycles. The van der Waals surface area contributed by atoms with E-state index in [1.54, 1.807) is 18.3 Å². The second-order valence-electron chi connectivity index (χ2n) is 2.73. The van der Waals surface area contributed by atoms with Gasteiger partial charge in [-0.2, -0.15) is 9.78 Å². The zero-order valence-corrected chi connectivity index (χ0v) is 8.90. The Morgan fingerprint density at radius 3 is 2.73 bits per heavy atom. The number of nitrogens with zero attached hydrogens (tertiary/aromatic N) is 3. The SMILES string of the molecule is O=c1c(Cl)c(Cl)cnn1-c1cccnc1. The smallest absolute Gasteiger partial charge is 0.266 e. The lowest BCUT2D eigenvalue weighted by Gasteiger charge is -2.03. The zero-order valence-electron chi connectivity index (χ0n) is 7.39. The van der Waals surface area contributed by atoms with Crippen LogP contribution in [0.25, 0.3) is 5.69 Å².